The van der Waals surface area contributed by atoms with E-state index >= 15 is 0 Å². The molecule has 0 spiro atoms. The maximum atomic E-state index is 13.7. The average Bonchev–Trinajstić information content (AvgIpc) is 2.42. The zero-order valence-electron chi connectivity index (χ0n) is 11.0. The predicted molar refractivity (Wildman–Crippen MR) is 77.2 cm³/mol. The van der Waals surface area contributed by atoms with Crippen LogP contribution in [0.5, 0.6) is 11.5 Å². The second-order valence-corrected chi connectivity index (χ2v) is 4.83. The van der Waals surface area contributed by atoms with Gasteiger partial charge in [-0.2, -0.15) is 0 Å². The number of benzene rings is 2. The van der Waals surface area contributed by atoms with Crippen molar-refractivity contribution in [3.05, 3.63) is 62.9 Å². The van der Waals surface area contributed by atoms with Crippen LogP contribution >= 0.6 is 11.6 Å². The number of nitro benzene ring substituents is 1. The van der Waals surface area contributed by atoms with E-state index in [4.69, 9.17) is 22.1 Å². The first-order valence-corrected chi connectivity index (χ1v) is 6.43. The molecule has 0 saturated heterocycles. The molecule has 0 aliphatic carbocycles. The molecule has 2 rings (SSSR count). The molecule has 0 aromatic heterocycles. The number of para-hydroxylation sites is 1. The summed E-state index contributed by atoms with van der Waals surface area (Å²) in [4.78, 5) is 10.2. The van der Waals surface area contributed by atoms with Gasteiger partial charge in [0.05, 0.1) is 9.95 Å². The Labute approximate surface area is 125 Å². The molecular weight excluding hydrogens is 299 g/mol. The molecule has 0 radical (unpaired) electrons. The molecule has 0 saturated carbocycles. The first-order valence-electron chi connectivity index (χ1n) is 6.06. The molecule has 2 aromatic rings. The molecule has 0 aliphatic rings. The van der Waals surface area contributed by atoms with Crippen molar-refractivity contribution in [1.82, 2.24) is 0 Å². The van der Waals surface area contributed by atoms with Gasteiger partial charge in [-0.05, 0) is 30.7 Å². The van der Waals surface area contributed by atoms with Gasteiger partial charge >= 0.3 is 5.69 Å². The molecule has 0 bridgehead atoms. The molecular formula is C14H12ClFN2O3. The fourth-order valence-corrected chi connectivity index (χ4v) is 1.96. The van der Waals surface area contributed by atoms with Gasteiger partial charge < -0.3 is 10.5 Å². The van der Waals surface area contributed by atoms with Crippen LogP contribution in [-0.2, 0) is 0 Å². The molecule has 110 valence electrons. The van der Waals surface area contributed by atoms with Crippen molar-refractivity contribution < 1.29 is 14.1 Å². The number of hydrogen-bond donors (Lipinski definition) is 1. The van der Waals surface area contributed by atoms with Crippen molar-refractivity contribution in [3.63, 3.8) is 0 Å². The lowest BCUT2D eigenvalue weighted by Crippen LogP contribution is -2.04. The zero-order valence-corrected chi connectivity index (χ0v) is 11.8. The quantitative estimate of drug-likeness (QED) is 0.678. The summed E-state index contributed by atoms with van der Waals surface area (Å²) in [5, 5.41) is 11.1. The van der Waals surface area contributed by atoms with Gasteiger partial charge in [0.15, 0.2) is 5.82 Å². The zero-order chi connectivity index (χ0) is 15.6. The Balaban J connectivity index is 2.41. The minimum absolute atomic E-state index is 0.120. The van der Waals surface area contributed by atoms with Crippen molar-refractivity contribution in [2.75, 3.05) is 0 Å². The number of halogens is 2. The highest BCUT2D eigenvalue weighted by molar-refractivity contribution is 6.32. The minimum Gasteiger partial charge on any atom is -0.446 e. The number of ether oxygens (including phenoxy) is 1. The summed E-state index contributed by atoms with van der Waals surface area (Å²) in [6.45, 7) is 1.79. The van der Waals surface area contributed by atoms with Gasteiger partial charge in [-0.3, -0.25) is 10.1 Å². The smallest absolute Gasteiger partial charge is 0.314 e. The van der Waals surface area contributed by atoms with Gasteiger partial charge in [-0.1, -0.05) is 23.7 Å². The summed E-state index contributed by atoms with van der Waals surface area (Å²) in [7, 11) is 0. The van der Waals surface area contributed by atoms with Crippen molar-refractivity contribution in [3.8, 4) is 11.5 Å². The normalized spacial score (nSPS) is 12.0. The largest absolute Gasteiger partial charge is 0.446 e. The van der Waals surface area contributed by atoms with E-state index in [1.165, 1.54) is 12.1 Å². The monoisotopic (exact) mass is 310 g/mol. The Bertz CT molecular complexity index is 692. The number of hydrogen-bond acceptors (Lipinski definition) is 4. The predicted octanol–water partition coefficient (Wildman–Crippen LogP) is 4.20. The lowest BCUT2D eigenvalue weighted by molar-refractivity contribution is -0.385. The van der Waals surface area contributed by atoms with E-state index in [-0.39, 0.29) is 16.8 Å². The number of nitro groups is 1. The van der Waals surface area contributed by atoms with E-state index in [9.17, 15) is 14.5 Å². The van der Waals surface area contributed by atoms with Crippen molar-refractivity contribution in [2.24, 2.45) is 5.73 Å². The number of rotatable bonds is 4. The van der Waals surface area contributed by atoms with E-state index in [0.29, 0.717) is 0 Å². The summed E-state index contributed by atoms with van der Waals surface area (Å²) in [5.41, 5.74) is 6.03. The van der Waals surface area contributed by atoms with E-state index in [1.54, 1.807) is 19.1 Å². The standard InChI is InChI=1S/C14H12ClFN2O3/c1-8(17)9-5-6-13(10(15)7-9)21-14-11(16)3-2-4-12(14)18(19)20/h2-8H,17H2,1H3. The molecule has 2 aromatic carbocycles. The van der Waals surface area contributed by atoms with Crippen LogP contribution in [0.1, 0.15) is 18.5 Å². The molecule has 0 aliphatic heterocycles. The third kappa shape index (κ3) is 3.29. The second kappa shape index (κ2) is 6.07. The first-order chi connectivity index (χ1) is 9.90. The third-order valence-electron chi connectivity index (χ3n) is 2.84. The van der Waals surface area contributed by atoms with E-state index in [1.807, 2.05) is 0 Å². The number of nitrogens with zero attached hydrogens (tertiary/aromatic N) is 1. The Kier molecular flexibility index (Phi) is 4.40. The second-order valence-electron chi connectivity index (χ2n) is 4.43. The molecule has 7 heteroatoms. The van der Waals surface area contributed by atoms with Crippen LogP contribution in [0.2, 0.25) is 5.02 Å². The van der Waals surface area contributed by atoms with Crippen LogP contribution in [-0.4, -0.2) is 4.92 Å². The Morgan fingerprint density at radius 3 is 2.67 bits per heavy atom. The number of nitrogens with two attached hydrogens (primary N) is 1. The van der Waals surface area contributed by atoms with Gasteiger partial charge in [0.2, 0.25) is 5.75 Å². The molecule has 0 amide bonds. The fraction of sp³-hybridized carbons (Fsp3) is 0.143. The Morgan fingerprint density at radius 1 is 1.38 bits per heavy atom. The van der Waals surface area contributed by atoms with Crippen molar-refractivity contribution >= 4 is 17.3 Å². The topological polar surface area (TPSA) is 78.4 Å². The minimum atomic E-state index is -0.837. The first kappa shape index (κ1) is 15.2. The van der Waals surface area contributed by atoms with Crippen LogP contribution in [0.15, 0.2) is 36.4 Å². The molecule has 1 atom stereocenters. The Morgan fingerprint density at radius 2 is 2.10 bits per heavy atom. The highest BCUT2D eigenvalue weighted by Gasteiger charge is 2.21. The fourth-order valence-electron chi connectivity index (χ4n) is 1.74. The van der Waals surface area contributed by atoms with Crippen molar-refractivity contribution in [1.29, 1.82) is 0 Å². The lowest BCUT2D eigenvalue weighted by atomic mass is 10.1. The lowest BCUT2D eigenvalue weighted by Gasteiger charge is -2.11. The highest BCUT2D eigenvalue weighted by atomic mass is 35.5. The van der Waals surface area contributed by atoms with E-state index in [2.05, 4.69) is 0 Å². The highest BCUT2D eigenvalue weighted by Crippen LogP contribution is 2.37. The summed E-state index contributed by atoms with van der Waals surface area (Å²) in [5.74, 6) is -1.19. The maximum Gasteiger partial charge on any atom is 0.314 e. The van der Waals surface area contributed by atoms with Gasteiger partial charge in [0, 0.05) is 12.1 Å². The summed E-state index contributed by atoms with van der Waals surface area (Å²) in [6.07, 6.45) is 0. The van der Waals surface area contributed by atoms with Crippen LogP contribution < -0.4 is 10.5 Å². The molecule has 21 heavy (non-hydrogen) atoms. The van der Waals surface area contributed by atoms with Crippen LogP contribution in [0, 0.1) is 15.9 Å². The molecule has 0 heterocycles. The molecule has 2 N–H and O–H groups in total. The van der Waals surface area contributed by atoms with Gasteiger partial charge in [0.1, 0.15) is 5.75 Å². The van der Waals surface area contributed by atoms with Gasteiger partial charge in [-0.15, -0.1) is 0 Å². The van der Waals surface area contributed by atoms with Crippen LogP contribution in [0.25, 0.3) is 0 Å². The van der Waals surface area contributed by atoms with Crippen LogP contribution in [0.3, 0.4) is 0 Å². The van der Waals surface area contributed by atoms with E-state index < -0.39 is 22.2 Å². The summed E-state index contributed by atoms with van der Waals surface area (Å²) < 4.78 is 19.0. The molecule has 5 nitrogen and oxygen atoms in total. The third-order valence-corrected chi connectivity index (χ3v) is 3.13. The molecule has 1 unspecified atom stereocenters. The maximum absolute atomic E-state index is 13.7. The van der Waals surface area contributed by atoms with E-state index in [0.717, 1.165) is 17.7 Å². The Hall–Kier alpha value is -2.18. The average molecular weight is 311 g/mol. The summed E-state index contributed by atoms with van der Waals surface area (Å²) in [6, 6.07) is 7.99. The summed E-state index contributed by atoms with van der Waals surface area (Å²) >= 11 is 6.03. The SMILES string of the molecule is CC(N)c1ccc(Oc2c(F)cccc2[N+](=O)[O-])c(Cl)c1. The van der Waals surface area contributed by atoms with Crippen LogP contribution in [0.4, 0.5) is 10.1 Å². The van der Waals surface area contributed by atoms with Crippen molar-refractivity contribution in [2.45, 2.75) is 13.0 Å². The molecule has 0 fully saturated rings. The van der Waals surface area contributed by atoms with Gasteiger partial charge in [0.25, 0.3) is 0 Å². The van der Waals surface area contributed by atoms with Gasteiger partial charge in [-0.25, -0.2) is 4.39 Å².